The Hall–Kier alpha value is -0.0800. The molecule has 2 heteroatoms. The first-order valence-corrected chi connectivity index (χ1v) is 6.74. The van der Waals surface area contributed by atoms with Crippen LogP contribution in [-0.4, -0.2) is 38.1 Å². The van der Waals surface area contributed by atoms with E-state index in [1.54, 1.807) is 0 Å². The fourth-order valence-electron chi connectivity index (χ4n) is 4.24. The average Bonchev–Trinajstić information content (AvgIpc) is 2.62. The third-order valence-electron chi connectivity index (χ3n) is 5.18. The van der Waals surface area contributed by atoms with Crippen LogP contribution in [0.3, 0.4) is 0 Å². The molecule has 0 amide bonds. The second kappa shape index (κ2) is 3.99. The first kappa shape index (κ1) is 12.4. The maximum atomic E-state index is 3.83. The monoisotopic (exact) mass is 224 g/mol. The van der Waals surface area contributed by atoms with Gasteiger partial charge in [-0.3, -0.25) is 0 Å². The molecule has 0 radical (unpaired) electrons. The number of likely N-dealkylation sites (N-methyl/N-ethyl adjacent to an activating group) is 1. The van der Waals surface area contributed by atoms with Crippen LogP contribution >= 0.6 is 0 Å². The lowest BCUT2D eigenvalue weighted by Gasteiger charge is -2.43. The summed E-state index contributed by atoms with van der Waals surface area (Å²) >= 11 is 0. The van der Waals surface area contributed by atoms with Gasteiger partial charge in [-0.2, -0.15) is 0 Å². The molecule has 2 bridgehead atoms. The lowest BCUT2D eigenvalue weighted by Crippen LogP contribution is -2.51. The normalized spacial score (nSPS) is 40.9. The number of rotatable bonds is 4. The minimum Gasteiger partial charge on any atom is -0.312 e. The highest BCUT2D eigenvalue weighted by Gasteiger charge is 2.58. The number of hydrogen-bond donors (Lipinski definition) is 1. The molecule has 0 heterocycles. The molecular weight excluding hydrogens is 196 g/mol. The van der Waals surface area contributed by atoms with Gasteiger partial charge in [-0.15, -0.1) is 0 Å². The van der Waals surface area contributed by atoms with Crippen molar-refractivity contribution in [3.05, 3.63) is 0 Å². The lowest BCUT2D eigenvalue weighted by atomic mass is 9.68. The van der Waals surface area contributed by atoms with Crippen LogP contribution in [-0.2, 0) is 0 Å². The zero-order valence-corrected chi connectivity index (χ0v) is 11.6. The van der Waals surface area contributed by atoms with Crippen LogP contribution in [0.25, 0.3) is 0 Å². The number of nitrogens with zero attached hydrogens (tertiary/aromatic N) is 1. The third-order valence-corrected chi connectivity index (χ3v) is 5.18. The Morgan fingerprint density at radius 1 is 1.25 bits per heavy atom. The van der Waals surface area contributed by atoms with E-state index in [4.69, 9.17) is 0 Å². The number of hydrogen-bond acceptors (Lipinski definition) is 2. The fraction of sp³-hybridized carbons (Fsp3) is 1.00. The van der Waals surface area contributed by atoms with E-state index in [2.05, 4.69) is 45.1 Å². The molecule has 2 aliphatic carbocycles. The van der Waals surface area contributed by atoms with Crippen molar-refractivity contribution >= 4 is 0 Å². The van der Waals surface area contributed by atoms with Crippen molar-refractivity contribution in [1.29, 1.82) is 0 Å². The van der Waals surface area contributed by atoms with Gasteiger partial charge < -0.3 is 10.2 Å². The average molecular weight is 224 g/mol. The zero-order chi connectivity index (χ0) is 12.0. The quantitative estimate of drug-likeness (QED) is 0.788. The number of fused-ring (bicyclic) bond motifs is 2. The maximum absolute atomic E-state index is 3.83. The summed E-state index contributed by atoms with van der Waals surface area (Å²) in [6.07, 6.45) is 4.33. The van der Waals surface area contributed by atoms with Gasteiger partial charge >= 0.3 is 0 Å². The summed E-state index contributed by atoms with van der Waals surface area (Å²) in [5.74, 6) is 0.953. The topological polar surface area (TPSA) is 15.3 Å². The minimum absolute atomic E-state index is 0.499. The van der Waals surface area contributed by atoms with Crippen molar-refractivity contribution in [2.75, 3.05) is 27.2 Å². The largest absolute Gasteiger partial charge is 0.312 e. The Bertz CT molecular complexity index is 255. The molecule has 1 N–H and O–H groups in total. The van der Waals surface area contributed by atoms with E-state index in [9.17, 15) is 0 Å². The summed E-state index contributed by atoms with van der Waals surface area (Å²) in [5, 5.41) is 3.83. The molecule has 16 heavy (non-hydrogen) atoms. The fourth-order valence-corrected chi connectivity index (χ4v) is 4.24. The molecule has 0 saturated heterocycles. The smallest absolute Gasteiger partial charge is 0.0175 e. The Labute approximate surface area is 101 Å². The van der Waals surface area contributed by atoms with E-state index in [1.165, 1.54) is 19.3 Å². The second-order valence-corrected chi connectivity index (χ2v) is 7.11. The summed E-state index contributed by atoms with van der Waals surface area (Å²) < 4.78 is 0. The molecule has 0 spiro atoms. The summed E-state index contributed by atoms with van der Waals surface area (Å²) in [5.41, 5.74) is 1.07. The maximum Gasteiger partial charge on any atom is 0.0175 e. The molecule has 2 rings (SSSR count). The summed E-state index contributed by atoms with van der Waals surface area (Å²) in [6, 6.07) is 0.721. The molecule has 0 aliphatic heterocycles. The summed E-state index contributed by atoms with van der Waals surface area (Å²) in [4.78, 5) is 2.26. The van der Waals surface area contributed by atoms with E-state index in [1.807, 2.05) is 0 Å². The SMILES string of the molecule is CN(C)CCNC1C2(C)CCC(C2)C1(C)C. The summed E-state index contributed by atoms with van der Waals surface area (Å²) in [6.45, 7) is 9.70. The molecular formula is C14H28N2. The van der Waals surface area contributed by atoms with Crippen molar-refractivity contribution in [3.8, 4) is 0 Å². The van der Waals surface area contributed by atoms with Crippen LogP contribution in [0.4, 0.5) is 0 Å². The zero-order valence-electron chi connectivity index (χ0n) is 11.6. The van der Waals surface area contributed by atoms with E-state index in [0.717, 1.165) is 25.0 Å². The molecule has 0 aromatic rings. The standard InChI is InChI=1S/C14H28N2/c1-13(2)11-6-7-14(3,10-11)12(13)15-8-9-16(4)5/h11-12,15H,6-10H2,1-5H3. The van der Waals surface area contributed by atoms with Crippen molar-refractivity contribution in [2.24, 2.45) is 16.7 Å². The second-order valence-electron chi connectivity index (χ2n) is 7.11. The van der Waals surface area contributed by atoms with Gasteiger partial charge in [-0.05, 0) is 50.1 Å². The molecule has 2 aliphatic rings. The number of nitrogens with one attached hydrogen (secondary N) is 1. The predicted molar refractivity (Wildman–Crippen MR) is 69.6 cm³/mol. The highest BCUT2D eigenvalue weighted by molar-refractivity contribution is 5.11. The first-order chi connectivity index (χ1) is 7.36. The van der Waals surface area contributed by atoms with Crippen LogP contribution in [0.15, 0.2) is 0 Å². The van der Waals surface area contributed by atoms with Crippen LogP contribution in [0, 0.1) is 16.7 Å². The van der Waals surface area contributed by atoms with Gasteiger partial charge in [0.1, 0.15) is 0 Å². The van der Waals surface area contributed by atoms with Crippen molar-refractivity contribution in [3.63, 3.8) is 0 Å². The molecule has 94 valence electrons. The molecule has 2 saturated carbocycles. The summed E-state index contributed by atoms with van der Waals surface area (Å²) in [7, 11) is 4.30. The molecule has 0 aromatic carbocycles. The van der Waals surface area contributed by atoms with Crippen molar-refractivity contribution in [1.82, 2.24) is 10.2 Å². The Balaban J connectivity index is 1.97. The van der Waals surface area contributed by atoms with Gasteiger partial charge in [-0.1, -0.05) is 20.8 Å². The Morgan fingerprint density at radius 2 is 1.94 bits per heavy atom. The van der Waals surface area contributed by atoms with Crippen LogP contribution in [0.2, 0.25) is 0 Å². The van der Waals surface area contributed by atoms with Gasteiger partial charge in [0.25, 0.3) is 0 Å². The Kier molecular flexibility index (Phi) is 3.09. The van der Waals surface area contributed by atoms with Crippen molar-refractivity contribution < 1.29 is 0 Å². The highest BCUT2D eigenvalue weighted by atomic mass is 15.1. The molecule has 0 aromatic heterocycles. The van der Waals surface area contributed by atoms with Gasteiger partial charge in [-0.25, -0.2) is 0 Å². The van der Waals surface area contributed by atoms with E-state index in [-0.39, 0.29) is 0 Å². The van der Waals surface area contributed by atoms with E-state index < -0.39 is 0 Å². The van der Waals surface area contributed by atoms with Crippen LogP contribution < -0.4 is 5.32 Å². The van der Waals surface area contributed by atoms with Crippen molar-refractivity contribution in [2.45, 2.75) is 46.1 Å². The minimum atomic E-state index is 0.499. The van der Waals surface area contributed by atoms with E-state index >= 15 is 0 Å². The third kappa shape index (κ3) is 1.91. The Morgan fingerprint density at radius 3 is 2.44 bits per heavy atom. The molecule has 2 fully saturated rings. The van der Waals surface area contributed by atoms with E-state index in [0.29, 0.717) is 10.8 Å². The van der Waals surface area contributed by atoms with Gasteiger partial charge in [0.2, 0.25) is 0 Å². The first-order valence-electron chi connectivity index (χ1n) is 6.74. The molecule has 2 nitrogen and oxygen atoms in total. The van der Waals surface area contributed by atoms with Gasteiger partial charge in [0.05, 0.1) is 0 Å². The predicted octanol–water partition coefficient (Wildman–Crippen LogP) is 2.35. The lowest BCUT2D eigenvalue weighted by molar-refractivity contribution is 0.108. The van der Waals surface area contributed by atoms with Gasteiger partial charge in [0.15, 0.2) is 0 Å². The van der Waals surface area contributed by atoms with Gasteiger partial charge in [0, 0.05) is 19.1 Å². The molecule has 3 unspecified atom stereocenters. The van der Waals surface area contributed by atoms with Crippen LogP contribution in [0.5, 0.6) is 0 Å². The molecule has 3 atom stereocenters. The van der Waals surface area contributed by atoms with Crippen LogP contribution in [0.1, 0.15) is 40.0 Å². The highest BCUT2D eigenvalue weighted by Crippen LogP contribution is 2.62.